The van der Waals surface area contributed by atoms with Gasteiger partial charge in [0.1, 0.15) is 0 Å². The Kier molecular flexibility index (Phi) is 3.71. The van der Waals surface area contributed by atoms with E-state index < -0.39 is 0 Å². The summed E-state index contributed by atoms with van der Waals surface area (Å²) in [6.45, 7) is 4.37. The zero-order valence-electron chi connectivity index (χ0n) is 8.78. The average Bonchev–Trinajstić information content (AvgIpc) is 2.76. The minimum atomic E-state index is -0.112. The van der Waals surface area contributed by atoms with Crippen LogP contribution in [0.4, 0.5) is 0 Å². The third-order valence-corrected chi connectivity index (χ3v) is 4.29. The molecule has 3 unspecified atom stereocenters. The minimum Gasteiger partial charge on any atom is -0.392 e. The molecule has 0 saturated carbocycles. The predicted octanol–water partition coefficient (Wildman–Crippen LogP) is 0.147. The van der Waals surface area contributed by atoms with Crippen LogP contribution in [0.1, 0.15) is 12.8 Å². The highest BCUT2D eigenvalue weighted by molar-refractivity contribution is 7.99. The molecule has 0 bridgehead atoms. The van der Waals surface area contributed by atoms with Gasteiger partial charge in [-0.3, -0.25) is 0 Å². The molecular formula is C10H20N2OS. The summed E-state index contributed by atoms with van der Waals surface area (Å²) in [5, 5.41) is 13.6. The lowest BCUT2D eigenvalue weighted by atomic mass is 10.2. The monoisotopic (exact) mass is 216 g/mol. The molecule has 2 aliphatic heterocycles. The van der Waals surface area contributed by atoms with E-state index in [0.717, 1.165) is 24.8 Å². The number of likely N-dealkylation sites (tertiary alicyclic amines) is 1. The van der Waals surface area contributed by atoms with Crippen LogP contribution in [0, 0.1) is 0 Å². The van der Waals surface area contributed by atoms with Crippen LogP contribution in [0.3, 0.4) is 0 Å². The van der Waals surface area contributed by atoms with Gasteiger partial charge >= 0.3 is 0 Å². The van der Waals surface area contributed by atoms with Crippen molar-refractivity contribution in [3.05, 3.63) is 0 Å². The second-order valence-electron chi connectivity index (χ2n) is 4.40. The fourth-order valence-electron chi connectivity index (χ4n) is 2.40. The number of hydrogen-bond acceptors (Lipinski definition) is 4. The highest BCUT2D eigenvalue weighted by Crippen LogP contribution is 2.21. The fraction of sp³-hybridized carbons (Fsp3) is 1.00. The molecule has 3 atom stereocenters. The van der Waals surface area contributed by atoms with E-state index in [2.05, 4.69) is 16.5 Å². The third kappa shape index (κ3) is 2.63. The van der Waals surface area contributed by atoms with E-state index in [0.29, 0.717) is 6.04 Å². The van der Waals surface area contributed by atoms with E-state index in [4.69, 9.17) is 0 Å². The first-order valence-electron chi connectivity index (χ1n) is 5.44. The van der Waals surface area contributed by atoms with Crippen molar-refractivity contribution in [2.75, 3.05) is 32.4 Å². The Morgan fingerprint density at radius 1 is 1.57 bits per heavy atom. The number of β-amino-alcohol motifs (C(OH)–C–C–N with tert-alkyl or cyclic N) is 1. The van der Waals surface area contributed by atoms with Gasteiger partial charge in [0.05, 0.1) is 6.10 Å². The maximum Gasteiger partial charge on any atom is 0.0680 e. The molecule has 2 aliphatic rings. The van der Waals surface area contributed by atoms with Crippen LogP contribution in [0.5, 0.6) is 0 Å². The standard InChI is InChI=1S/C10H20N2OS/c1-14-10-2-3-12(7-10)6-8-4-9(13)5-11-8/h8-11,13H,2-7H2,1H3. The summed E-state index contributed by atoms with van der Waals surface area (Å²) in [7, 11) is 0. The molecule has 82 valence electrons. The van der Waals surface area contributed by atoms with Crippen molar-refractivity contribution < 1.29 is 5.11 Å². The van der Waals surface area contributed by atoms with E-state index in [9.17, 15) is 5.11 Å². The van der Waals surface area contributed by atoms with Gasteiger partial charge in [-0.25, -0.2) is 0 Å². The van der Waals surface area contributed by atoms with E-state index in [1.807, 2.05) is 11.8 Å². The minimum absolute atomic E-state index is 0.112. The van der Waals surface area contributed by atoms with Crippen molar-refractivity contribution in [2.24, 2.45) is 0 Å². The number of nitrogens with one attached hydrogen (secondary N) is 1. The van der Waals surface area contributed by atoms with Crippen LogP contribution in [0.2, 0.25) is 0 Å². The van der Waals surface area contributed by atoms with Crippen LogP contribution >= 0.6 is 11.8 Å². The highest BCUT2D eigenvalue weighted by atomic mass is 32.2. The molecule has 0 spiro atoms. The summed E-state index contributed by atoms with van der Waals surface area (Å²) in [6, 6.07) is 0.519. The molecule has 0 radical (unpaired) electrons. The van der Waals surface area contributed by atoms with Crippen molar-refractivity contribution in [1.82, 2.24) is 10.2 Å². The van der Waals surface area contributed by atoms with Crippen LogP contribution < -0.4 is 5.32 Å². The lowest BCUT2D eigenvalue weighted by Gasteiger charge is -2.20. The maximum absolute atomic E-state index is 9.39. The van der Waals surface area contributed by atoms with Gasteiger partial charge in [-0.15, -0.1) is 0 Å². The Morgan fingerprint density at radius 2 is 2.43 bits per heavy atom. The predicted molar refractivity (Wildman–Crippen MR) is 60.8 cm³/mol. The lowest BCUT2D eigenvalue weighted by molar-refractivity contribution is 0.189. The van der Waals surface area contributed by atoms with E-state index in [-0.39, 0.29) is 6.10 Å². The van der Waals surface area contributed by atoms with Crippen LogP contribution in [0.15, 0.2) is 0 Å². The molecule has 2 heterocycles. The van der Waals surface area contributed by atoms with Crippen molar-refractivity contribution in [2.45, 2.75) is 30.2 Å². The summed E-state index contributed by atoms with van der Waals surface area (Å²) < 4.78 is 0. The van der Waals surface area contributed by atoms with Gasteiger partial charge in [-0.2, -0.15) is 11.8 Å². The summed E-state index contributed by atoms with van der Waals surface area (Å²) in [5.74, 6) is 0. The van der Waals surface area contributed by atoms with Gasteiger partial charge in [-0.1, -0.05) is 0 Å². The molecule has 4 heteroatoms. The molecule has 0 aromatic rings. The van der Waals surface area contributed by atoms with Gasteiger partial charge in [0.25, 0.3) is 0 Å². The summed E-state index contributed by atoms with van der Waals surface area (Å²) in [5.41, 5.74) is 0. The Balaban J connectivity index is 1.71. The van der Waals surface area contributed by atoms with Gasteiger partial charge in [0.2, 0.25) is 0 Å². The second-order valence-corrected chi connectivity index (χ2v) is 5.54. The molecule has 2 fully saturated rings. The number of nitrogens with zero attached hydrogens (tertiary/aromatic N) is 1. The molecule has 2 N–H and O–H groups in total. The Hall–Kier alpha value is 0.230. The van der Waals surface area contributed by atoms with Crippen molar-refractivity contribution in [3.8, 4) is 0 Å². The van der Waals surface area contributed by atoms with Crippen molar-refractivity contribution in [3.63, 3.8) is 0 Å². The summed E-state index contributed by atoms with van der Waals surface area (Å²) >= 11 is 1.98. The van der Waals surface area contributed by atoms with Gasteiger partial charge in [0, 0.05) is 30.9 Å². The third-order valence-electron chi connectivity index (χ3n) is 3.24. The van der Waals surface area contributed by atoms with Gasteiger partial charge in [-0.05, 0) is 25.6 Å². The Labute approximate surface area is 90.2 Å². The molecule has 2 saturated heterocycles. The normalized spacial score (nSPS) is 39.4. The first kappa shape index (κ1) is 10.7. The molecule has 14 heavy (non-hydrogen) atoms. The van der Waals surface area contributed by atoms with Gasteiger partial charge < -0.3 is 15.3 Å². The molecule has 2 rings (SSSR count). The van der Waals surface area contributed by atoms with Crippen LogP contribution in [-0.4, -0.2) is 59.8 Å². The number of rotatable bonds is 3. The van der Waals surface area contributed by atoms with E-state index >= 15 is 0 Å². The number of hydrogen-bond donors (Lipinski definition) is 2. The zero-order chi connectivity index (χ0) is 9.97. The molecule has 0 amide bonds. The number of aliphatic hydroxyl groups excluding tert-OH is 1. The van der Waals surface area contributed by atoms with Crippen LogP contribution in [-0.2, 0) is 0 Å². The number of thioether (sulfide) groups is 1. The van der Waals surface area contributed by atoms with Crippen LogP contribution in [0.25, 0.3) is 0 Å². The molecule has 3 nitrogen and oxygen atoms in total. The van der Waals surface area contributed by atoms with Crippen molar-refractivity contribution >= 4 is 11.8 Å². The van der Waals surface area contributed by atoms with E-state index in [1.165, 1.54) is 19.5 Å². The maximum atomic E-state index is 9.39. The Morgan fingerprint density at radius 3 is 3.00 bits per heavy atom. The quantitative estimate of drug-likeness (QED) is 0.704. The average molecular weight is 216 g/mol. The first-order chi connectivity index (χ1) is 6.78. The summed E-state index contributed by atoms with van der Waals surface area (Å²) in [4.78, 5) is 2.52. The zero-order valence-corrected chi connectivity index (χ0v) is 9.59. The molecule has 0 aliphatic carbocycles. The largest absolute Gasteiger partial charge is 0.392 e. The summed E-state index contributed by atoms with van der Waals surface area (Å²) in [6.07, 6.45) is 4.35. The first-order valence-corrected chi connectivity index (χ1v) is 6.73. The van der Waals surface area contributed by atoms with E-state index in [1.54, 1.807) is 0 Å². The molecular weight excluding hydrogens is 196 g/mol. The second kappa shape index (κ2) is 4.84. The van der Waals surface area contributed by atoms with Gasteiger partial charge in [0.15, 0.2) is 0 Å². The molecule has 0 aromatic carbocycles. The fourth-order valence-corrected chi connectivity index (χ4v) is 3.10. The SMILES string of the molecule is CSC1CCN(CC2CC(O)CN2)C1. The topological polar surface area (TPSA) is 35.5 Å². The number of aliphatic hydroxyl groups is 1. The molecule has 0 aromatic heterocycles. The van der Waals surface area contributed by atoms with Crippen molar-refractivity contribution in [1.29, 1.82) is 0 Å². The smallest absolute Gasteiger partial charge is 0.0680 e. The highest BCUT2D eigenvalue weighted by Gasteiger charge is 2.27. The lowest BCUT2D eigenvalue weighted by Crippen LogP contribution is -2.36. The Bertz CT molecular complexity index is 191.